The number of nitrogens with one attached hydrogen (secondary N) is 1. The van der Waals surface area contributed by atoms with E-state index in [9.17, 15) is 19.2 Å². The van der Waals surface area contributed by atoms with Gasteiger partial charge in [-0.15, -0.1) is 0 Å². The summed E-state index contributed by atoms with van der Waals surface area (Å²) < 4.78 is 1.81. The van der Waals surface area contributed by atoms with Gasteiger partial charge in [-0.05, 0) is 56.2 Å². The molecule has 1 N–H and O–H groups in total. The summed E-state index contributed by atoms with van der Waals surface area (Å²) in [7, 11) is 0. The largest absolute Gasteiger partial charge is 0.318 e. The van der Waals surface area contributed by atoms with Gasteiger partial charge in [-0.3, -0.25) is 19.2 Å². The monoisotopic (exact) mass is 506 g/mol. The third-order valence-corrected chi connectivity index (χ3v) is 6.44. The fourth-order valence-corrected chi connectivity index (χ4v) is 3.83. The molecule has 0 unspecified atom stereocenters. The summed E-state index contributed by atoms with van der Waals surface area (Å²) in [4.78, 5) is 47.0. The first-order valence-corrected chi connectivity index (χ1v) is 10.1. The number of likely N-dealkylation sites (N-methyl/N-ethyl adjacent to an activating group) is 1. The minimum Gasteiger partial charge on any atom is -0.318 e. The molecule has 2 aromatic carbocycles. The van der Waals surface area contributed by atoms with Gasteiger partial charge in [0, 0.05) is 15.5 Å². The standard InChI is InChI=1S/C11H10BrNO2.C9H6BrNO2/c1-3-13-9-6(2)8(12)5-4-7(9)10(14)11(13)15;1-4-6(10)3-2-5-7(4)11-9(13)8(5)12/h4-5H,3H2,1-2H3;2-3H,1H3,(H,11,12,13). The van der Waals surface area contributed by atoms with Gasteiger partial charge in [0.05, 0.1) is 22.5 Å². The van der Waals surface area contributed by atoms with E-state index in [2.05, 4.69) is 37.2 Å². The maximum absolute atomic E-state index is 11.6. The molecule has 8 heteroatoms. The van der Waals surface area contributed by atoms with Crippen LogP contribution in [-0.4, -0.2) is 29.9 Å². The number of anilines is 2. The van der Waals surface area contributed by atoms with E-state index in [4.69, 9.17) is 0 Å². The molecule has 2 aliphatic rings. The lowest BCUT2D eigenvalue weighted by atomic mass is 10.1. The molecular weight excluding hydrogens is 492 g/mol. The molecule has 0 bridgehead atoms. The van der Waals surface area contributed by atoms with Crippen molar-refractivity contribution in [1.82, 2.24) is 0 Å². The van der Waals surface area contributed by atoms with Crippen molar-refractivity contribution in [2.75, 3.05) is 16.8 Å². The van der Waals surface area contributed by atoms with Crippen LogP contribution in [0.4, 0.5) is 11.4 Å². The zero-order chi connectivity index (χ0) is 20.7. The molecule has 6 nitrogen and oxygen atoms in total. The van der Waals surface area contributed by atoms with E-state index >= 15 is 0 Å². The maximum atomic E-state index is 11.6. The molecule has 0 aliphatic carbocycles. The van der Waals surface area contributed by atoms with Crippen LogP contribution in [0.5, 0.6) is 0 Å². The molecule has 144 valence electrons. The molecule has 2 amide bonds. The molecule has 4 rings (SSSR count). The third kappa shape index (κ3) is 3.20. The summed E-state index contributed by atoms with van der Waals surface area (Å²) in [6.45, 7) is 6.13. The summed E-state index contributed by atoms with van der Waals surface area (Å²) in [6.07, 6.45) is 0. The van der Waals surface area contributed by atoms with Gasteiger partial charge in [0.25, 0.3) is 23.4 Å². The molecular formula is C20H16Br2N2O4. The van der Waals surface area contributed by atoms with Gasteiger partial charge in [0.1, 0.15) is 0 Å². The zero-order valence-corrected chi connectivity index (χ0v) is 18.5. The van der Waals surface area contributed by atoms with E-state index in [-0.39, 0.29) is 0 Å². The molecule has 0 radical (unpaired) electrons. The molecule has 0 fully saturated rings. The molecule has 0 spiro atoms. The predicted octanol–water partition coefficient (Wildman–Crippen LogP) is 4.20. The number of carbonyl (C=O) groups excluding carboxylic acids is 4. The second kappa shape index (κ2) is 7.60. The normalized spacial score (nSPS) is 14.5. The predicted molar refractivity (Wildman–Crippen MR) is 113 cm³/mol. The van der Waals surface area contributed by atoms with E-state index < -0.39 is 23.4 Å². The fourth-order valence-electron chi connectivity index (χ4n) is 3.18. The number of halogens is 2. The van der Waals surface area contributed by atoms with Gasteiger partial charge in [-0.2, -0.15) is 0 Å². The van der Waals surface area contributed by atoms with Crippen LogP contribution in [0.15, 0.2) is 33.2 Å². The number of fused-ring (bicyclic) bond motifs is 2. The van der Waals surface area contributed by atoms with E-state index in [0.29, 0.717) is 23.4 Å². The van der Waals surface area contributed by atoms with E-state index in [1.165, 1.54) is 4.90 Å². The lowest BCUT2D eigenvalue weighted by molar-refractivity contribution is -0.114. The Morgan fingerprint density at radius 3 is 2.04 bits per heavy atom. The van der Waals surface area contributed by atoms with Crippen molar-refractivity contribution < 1.29 is 19.2 Å². The molecule has 0 saturated carbocycles. The summed E-state index contributed by atoms with van der Waals surface area (Å²) in [5.74, 6) is -1.82. The Bertz CT molecular complexity index is 1060. The second-order valence-corrected chi connectivity index (χ2v) is 8.03. The highest BCUT2D eigenvalue weighted by Gasteiger charge is 2.36. The highest BCUT2D eigenvalue weighted by Crippen LogP contribution is 2.36. The molecule has 0 aromatic heterocycles. The lowest BCUT2D eigenvalue weighted by Gasteiger charge is -2.16. The Morgan fingerprint density at radius 1 is 0.857 bits per heavy atom. The quantitative estimate of drug-likeness (QED) is 0.586. The third-order valence-electron chi connectivity index (χ3n) is 4.72. The van der Waals surface area contributed by atoms with Crippen molar-refractivity contribution in [1.29, 1.82) is 0 Å². The van der Waals surface area contributed by atoms with Crippen molar-refractivity contribution in [2.24, 2.45) is 0 Å². The van der Waals surface area contributed by atoms with Crippen molar-refractivity contribution in [3.05, 3.63) is 55.5 Å². The molecule has 0 saturated heterocycles. The minimum absolute atomic E-state index is 0.401. The summed E-state index contributed by atoms with van der Waals surface area (Å²) >= 11 is 6.72. The number of nitrogens with zero attached hydrogens (tertiary/aromatic N) is 1. The first-order valence-electron chi connectivity index (χ1n) is 8.49. The van der Waals surface area contributed by atoms with Crippen LogP contribution in [0.2, 0.25) is 0 Å². The Balaban J connectivity index is 0.000000162. The number of hydrogen-bond donors (Lipinski definition) is 1. The lowest BCUT2D eigenvalue weighted by Crippen LogP contribution is -2.29. The Hall–Kier alpha value is -2.32. The molecule has 2 heterocycles. The van der Waals surface area contributed by atoms with Gasteiger partial charge in [0.2, 0.25) is 0 Å². The van der Waals surface area contributed by atoms with Crippen LogP contribution in [-0.2, 0) is 9.59 Å². The second-order valence-electron chi connectivity index (χ2n) is 6.33. The van der Waals surface area contributed by atoms with Gasteiger partial charge >= 0.3 is 0 Å². The minimum atomic E-state index is -0.545. The van der Waals surface area contributed by atoms with Crippen molar-refractivity contribution in [3.63, 3.8) is 0 Å². The number of hydrogen-bond acceptors (Lipinski definition) is 4. The van der Waals surface area contributed by atoms with Gasteiger partial charge < -0.3 is 10.2 Å². The van der Waals surface area contributed by atoms with Crippen molar-refractivity contribution in [3.8, 4) is 0 Å². The average Bonchev–Trinajstić information content (AvgIpc) is 3.10. The SMILES string of the molecule is CCN1C(=O)C(=O)c2ccc(Br)c(C)c21.Cc1c(Br)ccc2c1NC(=O)C2=O. The average molecular weight is 508 g/mol. The zero-order valence-electron chi connectivity index (χ0n) is 15.4. The van der Waals surface area contributed by atoms with Crippen LogP contribution < -0.4 is 10.2 Å². The Labute approximate surface area is 178 Å². The highest BCUT2D eigenvalue weighted by molar-refractivity contribution is 9.10. The summed E-state index contributed by atoms with van der Waals surface area (Å²) in [5.41, 5.74) is 4.18. The van der Waals surface area contributed by atoms with Gasteiger partial charge in [-0.1, -0.05) is 31.9 Å². The molecule has 2 aromatic rings. The van der Waals surface area contributed by atoms with Crippen LogP contribution in [0.25, 0.3) is 0 Å². The fraction of sp³-hybridized carbons (Fsp3) is 0.200. The Kier molecular flexibility index (Phi) is 5.54. The smallest absolute Gasteiger partial charge is 0.299 e. The molecule has 28 heavy (non-hydrogen) atoms. The van der Waals surface area contributed by atoms with E-state index in [1.54, 1.807) is 24.3 Å². The highest BCUT2D eigenvalue weighted by atomic mass is 79.9. The van der Waals surface area contributed by atoms with E-state index in [1.807, 2.05) is 20.8 Å². The number of ketones is 2. The van der Waals surface area contributed by atoms with Crippen LogP contribution in [0.1, 0.15) is 38.8 Å². The maximum Gasteiger partial charge on any atom is 0.299 e. The first kappa shape index (κ1) is 20.4. The first-order chi connectivity index (χ1) is 13.2. The van der Waals surface area contributed by atoms with Crippen LogP contribution >= 0.6 is 31.9 Å². The van der Waals surface area contributed by atoms with Crippen LogP contribution in [0.3, 0.4) is 0 Å². The number of carbonyl (C=O) groups is 4. The molecule has 2 aliphatic heterocycles. The van der Waals surface area contributed by atoms with Crippen molar-refractivity contribution in [2.45, 2.75) is 20.8 Å². The topological polar surface area (TPSA) is 83.6 Å². The number of Topliss-reactive ketones (excluding diaryl/α,β-unsaturated/α-hetero) is 2. The number of rotatable bonds is 1. The van der Waals surface area contributed by atoms with Crippen molar-refractivity contribution >= 4 is 66.6 Å². The summed E-state index contributed by atoms with van der Waals surface area (Å²) in [5, 5.41) is 2.54. The number of amides is 2. The summed E-state index contributed by atoms with van der Waals surface area (Å²) in [6, 6.07) is 6.92. The van der Waals surface area contributed by atoms with Crippen LogP contribution in [0, 0.1) is 13.8 Å². The van der Waals surface area contributed by atoms with Gasteiger partial charge in [-0.25, -0.2) is 0 Å². The van der Waals surface area contributed by atoms with E-state index in [0.717, 1.165) is 25.8 Å². The number of benzene rings is 2. The van der Waals surface area contributed by atoms with Gasteiger partial charge in [0.15, 0.2) is 0 Å². The molecule has 0 atom stereocenters. The Morgan fingerprint density at radius 2 is 1.43 bits per heavy atom.